The van der Waals surface area contributed by atoms with Crippen LogP contribution in [-0.4, -0.2) is 48.7 Å². The zero-order valence-corrected chi connectivity index (χ0v) is 20.1. The summed E-state index contributed by atoms with van der Waals surface area (Å²) >= 11 is 0. The van der Waals surface area contributed by atoms with Gasteiger partial charge in [0, 0.05) is 37.8 Å². The van der Waals surface area contributed by atoms with Crippen LogP contribution in [0, 0.1) is 6.92 Å². The number of alkyl carbamates (subject to hydrolysis) is 1. The number of likely N-dealkylation sites (tertiary alicyclic amines) is 1. The highest BCUT2D eigenvalue weighted by Crippen LogP contribution is 2.42. The lowest BCUT2D eigenvalue weighted by Gasteiger charge is -2.37. The monoisotopic (exact) mass is 469 g/mol. The fraction of sp³-hybridized carbons (Fsp3) is 0.379. The number of nitrogens with zero attached hydrogens (tertiary/aromatic N) is 2. The Morgan fingerprint density at radius 2 is 1.74 bits per heavy atom. The summed E-state index contributed by atoms with van der Waals surface area (Å²) in [4.78, 5) is 29.7. The van der Waals surface area contributed by atoms with Crippen molar-refractivity contribution in [3.05, 3.63) is 77.4 Å². The minimum atomic E-state index is -0.389. The van der Waals surface area contributed by atoms with Gasteiger partial charge < -0.3 is 15.0 Å². The van der Waals surface area contributed by atoms with E-state index in [-0.39, 0.29) is 30.1 Å². The maximum absolute atomic E-state index is 13.6. The second kappa shape index (κ2) is 9.00. The summed E-state index contributed by atoms with van der Waals surface area (Å²) in [7, 11) is 0. The van der Waals surface area contributed by atoms with Gasteiger partial charge in [0.25, 0.3) is 0 Å². The van der Waals surface area contributed by atoms with Crippen molar-refractivity contribution in [2.45, 2.75) is 50.8 Å². The van der Waals surface area contributed by atoms with Crippen molar-refractivity contribution in [2.24, 2.45) is 0 Å². The van der Waals surface area contributed by atoms with E-state index in [1.54, 1.807) is 0 Å². The number of rotatable bonds is 5. The van der Waals surface area contributed by atoms with E-state index in [4.69, 9.17) is 4.74 Å². The molecule has 6 heteroatoms. The Labute approximate surface area is 205 Å². The van der Waals surface area contributed by atoms with Crippen molar-refractivity contribution in [1.29, 1.82) is 0 Å². The summed E-state index contributed by atoms with van der Waals surface area (Å²) in [6.45, 7) is 5.52. The van der Waals surface area contributed by atoms with E-state index >= 15 is 0 Å². The first-order chi connectivity index (χ1) is 17.1. The standard InChI is InChI=1S/C29H31N3O3/c1-19-6-4-7-20-8-5-9-21(27(19)20)18-31-14-12-22(13-15-31)32-26-11-3-2-10-24(26)25(28(32)33)16-23-17-30-29(34)35-23/h2-11,22-23,25H,12-18H2,1H3,(H,30,34). The summed E-state index contributed by atoms with van der Waals surface area (Å²) in [6.07, 6.45) is 1.80. The molecule has 2 atom stereocenters. The van der Waals surface area contributed by atoms with Crippen molar-refractivity contribution in [3.63, 3.8) is 0 Å². The Hall–Kier alpha value is -3.38. The van der Waals surface area contributed by atoms with E-state index in [0.29, 0.717) is 13.0 Å². The lowest BCUT2D eigenvalue weighted by atomic mass is 9.94. The van der Waals surface area contributed by atoms with Gasteiger partial charge in [-0.05, 0) is 53.3 Å². The normalized spacial score (nSPS) is 22.9. The molecule has 180 valence electrons. The number of para-hydroxylation sites is 1. The Morgan fingerprint density at radius 1 is 0.971 bits per heavy atom. The molecule has 35 heavy (non-hydrogen) atoms. The van der Waals surface area contributed by atoms with Crippen LogP contribution >= 0.6 is 0 Å². The third kappa shape index (κ3) is 4.06. The smallest absolute Gasteiger partial charge is 0.407 e. The molecule has 2 unspecified atom stereocenters. The first-order valence-corrected chi connectivity index (χ1v) is 12.6. The highest BCUT2D eigenvalue weighted by atomic mass is 16.6. The van der Waals surface area contributed by atoms with Crippen molar-refractivity contribution in [1.82, 2.24) is 10.2 Å². The number of hydrogen-bond acceptors (Lipinski definition) is 4. The molecule has 3 aromatic carbocycles. The van der Waals surface area contributed by atoms with Crippen molar-refractivity contribution >= 4 is 28.5 Å². The maximum Gasteiger partial charge on any atom is 0.407 e. The van der Waals surface area contributed by atoms with Crippen molar-refractivity contribution in [2.75, 3.05) is 24.5 Å². The molecule has 3 heterocycles. The largest absolute Gasteiger partial charge is 0.444 e. The third-order valence-electron chi connectivity index (χ3n) is 7.87. The number of benzene rings is 3. The predicted octanol–water partition coefficient (Wildman–Crippen LogP) is 4.74. The van der Waals surface area contributed by atoms with Crippen molar-refractivity contribution < 1.29 is 14.3 Å². The van der Waals surface area contributed by atoms with Gasteiger partial charge in [-0.2, -0.15) is 0 Å². The van der Waals surface area contributed by atoms with Gasteiger partial charge >= 0.3 is 6.09 Å². The minimum Gasteiger partial charge on any atom is -0.444 e. The average molecular weight is 470 g/mol. The quantitative estimate of drug-likeness (QED) is 0.586. The number of anilines is 1. The first kappa shape index (κ1) is 22.1. The Morgan fingerprint density at radius 3 is 2.51 bits per heavy atom. The molecule has 0 aromatic heterocycles. The molecule has 0 aliphatic carbocycles. The van der Waals surface area contributed by atoms with Crippen LogP contribution in [0.15, 0.2) is 60.7 Å². The number of fused-ring (bicyclic) bond motifs is 2. The number of hydrogen-bond donors (Lipinski definition) is 1. The number of carbonyl (C=O) groups is 2. The van der Waals surface area contributed by atoms with Crippen LogP contribution in [0.4, 0.5) is 10.5 Å². The molecule has 0 bridgehead atoms. The lowest BCUT2D eigenvalue weighted by Crippen LogP contribution is -2.46. The summed E-state index contributed by atoms with van der Waals surface area (Å²) in [5.74, 6) is -0.0992. The lowest BCUT2D eigenvalue weighted by molar-refractivity contribution is -0.120. The van der Waals surface area contributed by atoms with Crippen LogP contribution in [0.5, 0.6) is 0 Å². The van der Waals surface area contributed by atoms with Crippen LogP contribution in [0.25, 0.3) is 10.8 Å². The highest BCUT2D eigenvalue weighted by molar-refractivity contribution is 6.05. The minimum absolute atomic E-state index is 0.150. The molecule has 0 radical (unpaired) electrons. The van der Waals surface area contributed by atoms with Gasteiger partial charge in [0.2, 0.25) is 5.91 Å². The maximum atomic E-state index is 13.6. The number of nitrogens with one attached hydrogen (secondary N) is 1. The average Bonchev–Trinajstić information content (AvgIpc) is 3.40. The highest BCUT2D eigenvalue weighted by Gasteiger charge is 2.43. The molecule has 3 aromatic rings. The van der Waals surface area contributed by atoms with E-state index in [2.05, 4.69) is 65.7 Å². The van der Waals surface area contributed by atoms with Gasteiger partial charge in [-0.3, -0.25) is 9.69 Å². The zero-order chi connectivity index (χ0) is 23.9. The molecule has 2 amide bonds. The number of ether oxygens (including phenoxy) is 1. The summed E-state index contributed by atoms with van der Waals surface area (Å²) in [5, 5.41) is 5.37. The molecule has 6 nitrogen and oxygen atoms in total. The number of aryl methyl sites for hydroxylation is 1. The van der Waals surface area contributed by atoms with Gasteiger partial charge in [-0.1, -0.05) is 54.6 Å². The molecule has 0 spiro atoms. The van der Waals surface area contributed by atoms with Gasteiger partial charge in [0.05, 0.1) is 12.5 Å². The van der Waals surface area contributed by atoms with Gasteiger partial charge in [-0.15, -0.1) is 0 Å². The SMILES string of the molecule is Cc1cccc2cccc(CN3CCC(N4C(=O)C(CC5CNC(=O)O5)c5ccccc54)CC3)c12. The van der Waals surface area contributed by atoms with E-state index in [1.807, 2.05) is 17.0 Å². The van der Waals surface area contributed by atoms with E-state index in [1.165, 1.54) is 21.9 Å². The van der Waals surface area contributed by atoms with Crippen LogP contribution in [0.2, 0.25) is 0 Å². The Balaban J connectivity index is 1.16. The topological polar surface area (TPSA) is 61.9 Å². The van der Waals surface area contributed by atoms with Crippen LogP contribution in [0.3, 0.4) is 0 Å². The van der Waals surface area contributed by atoms with Gasteiger partial charge in [0.15, 0.2) is 0 Å². The predicted molar refractivity (Wildman–Crippen MR) is 137 cm³/mol. The van der Waals surface area contributed by atoms with Crippen LogP contribution < -0.4 is 10.2 Å². The van der Waals surface area contributed by atoms with Crippen LogP contribution in [-0.2, 0) is 16.1 Å². The third-order valence-corrected chi connectivity index (χ3v) is 7.87. The molecular formula is C29H31N3O3. The summed E-state index contributed by atoms with van der Waals surface area (Å²) in [5.41, 5.74) is 4.79. The molecule has 1 N–H and O–H groups in total. The van der Waals surface area contributed by atoms with E-state index < -0.39 is 0 Å². The van der Waals surface area contributed by atoms with Crippen molar-refractivity contribution in [3.8, 4) is 0 Å². The number of piperidine rings is 1. The molecular weight excluding hydrogens is 438 g/mol. The van der Waals surface area contributed by atoms with Crippen LogP contribution in [0.1, 0.15) is 41.9 Å². The molecule has 0 saturated carbocycles. The Bertz CT molecular complexity index is 1280. The van der Waals surface area contributed by atoms with E-state index in [9.17, 15) is 9.59 Å². The zero-order valence-electron chi connectivity index (χ0n) is 20.1. The first-order valence-electron chi connectivity index (χ1n) is 12.6. The van der Waals surface area contributed by atoms with Gasteiger partial charge in [0.1, 0.15) is 6.10 Å². The molecule has 2 saturated heterocycles. The number of cyclic esters (lactones) is 1. The molecule has 6 rings (SSSR count). The van der Waals surface area contributed by atoms with E-state index in [0.717, 1.165) is 43.7 Å². The second-order valence-corrected chi connectivity index (χ2v) is 10.1. The summed E-state index contributed by atoms with van der Waals surface area (Å²) in [6, 6.07) is 21.4. The molecule has 3 aliphatic heterocycles. The second-order valence-electron chi connectivity index (χ2n) is 10.1. The van der Waals surface area contributed by atoms with Gasteiger partial charge in [-0.25, -0.2) is 4.79 Å². The fourth-order valence-electron chi connectivity index (χ4n) is 6.18. The fourth-order valence-corrected chi connectivity index (χ4v) is 6.18. The molecule has 3 aliphatic rings. The summed E-state index contributed by atoms with van der Waals surface area (Å²) < 4.78 is 5.35. The number of carbonyl (C=O) groups excluding carboxylic acids is 2. The molecule has 2 fully saturated rings. The Kier molecular flexibility index (Phi) is 5.69. The number of amides is 2.